The van der Waals surface area contributed by atoms with Crippen molar-refractivity contribution in [2.45, 2.75) is 45.1 Å². The fourth-order valence-corrected chi connectivity index (χ4v) is 3.15. The predicted molar refractivity (Wildman–Crippen MR) is 58.2 cm³/mol. The third-order valence-electron chi connectivity index (χ3n) is 4.11. The summed E-state index contributed by atoms with van der Waals surface area (Å²) >= 11 is 0. The van der Waals surface area contributed by atoms with Gasteiger partial charge in [0.2, 0.25) is 0 Å². The Balaban J connectivity index is 1.88. The molecular formula is C12H23NO. The first-order chi connectivity index (χ1) is 6.81. The summed E-state index contributed by atoms with van der Waals surface area (Å²) in [5.74, 6) is 1.44. The summed E-state index contributed by atoms with van der Waals surface area (Å²) in [4.78, 5) is 2.63. The number of rotatable bonds is 2. The van der Waals surface area contributed by atoms with Crippen molar-refractivity contribution >= 4 is 0 Å². The number of aliphatic hydroxyl groups excluding tert-OH is 1. The number of nitrogens with zero attached hydrogens (tertiary/aromatic N) is 1. The van der Waals surface area contributed by atoms with E-state index in [4.69, 9.17) is 5.11 Å². The van der Waals surface area contributed by atoms with Crippen LogP contribution in [0, 0.1) is 11.8 Å². The Morgan fingerprint density at radius 1 is 1.21 bits per heavy atom. The van der Waals surface area contributed by atoms with Crippen LogP contribution in [0.3, 0.4) is 0 Å². The fourth-order valence-electron chi connectivity index (χ4n) is 3.15. The third-order valence-corrected chi connectivity index (χ3v) is 4.11. The minimum absolute atomic E-state index is 0.387. The Bertz CT molecular complexity index is 183. The van der Waals surface area contributed by atoms with Gasteiger partial charge in [0.25, 0.3) is 0 Å². The van der Waals surface area contributed by atoms with Crippen molar-refractivity contribution < 1.29 is 5.11 Å². The van der Waals surface area contributed by atoms with Gasteiger partial charge in [-0.25, -0.2) is 0 Å². The first-order valence-corrected chi connectivity index (χ1v) is 6.16. The molecule has 3 unspecified atom stereocenters. The highest BCUT2D eigenvalue weighted by atomic mass is 16.3. The minimum atomic E-state index is 0.387. The molecule has 2 heteroatoms. The number of likely N-dealkylation sites (tertiary alicyclic amines) is 1. The van der Waals surface area contributed by atoms with Crippen LogP contribution in [0.25, 0.3) is 0 Å². The number of aliphatic hydroxyl groups is 1. The lowest BCUT2D eigenvalue weighted by molar-refractivity contribution is 0.127. The normalized spacial score (nSPS) is 40.3. The van der Waals surface area contributed by atoms with Crippen LogP contribution in [0.2, 0.25) is 0 Å². The van der Waals surface area contributed by atoms with Crippen LogP contribution >= 0.6 is 0 Å². The maximum Gasteiger partial charge on any atom is 0.0471 e. The van der Waals surface area contributed by atoms with Gasteiger partial charge in [-0.05, 0) is 37.6 Å². The van der Waals surface area contributed by atoms with Crippen LogP contribution in [-0.4, -0.2) is 35.7 Å². The fraction of sp³-hybridized carbons (Fsp3) is 1.00. The molecule has 2 nitrogen and oxygen atoms in total. The van der Waals surface area contributed by atoms with Crippen LogP contribution < -0.4 is 0 Å². The maximum atomic E-state index is 9.12. The molecule has 2 fully saturated rings. The average Bonchev–Trinajstić information content (AvgIpc) is 2.67. The molecule has 2 aliphatic rings. The largest absolute Gasteiger partial charge is 0.396 e. The van der Waals surface area contributed by atoms with E-state index in [2.05, 4.69) is 11.8 Å². The first kappa shape index (κ1) is 10.4. The standard InChI is InChI=1S/C12H23NO/c1-10-4-2-3-5-12(10)13-7-6-11(8-13)9-14/h10-12,14H,2-9H2,1H3. The second kappa shape index (κ2) is 4.63. The van der Waals surface area contributed by atoms with Gasteiger partial charge >= 0.3 is 0 Å². The van der Waals surface area contributed by atoms with E-state index in [1.54, 1.807) is 0 Å². The molecule has 1 aliphatic heterocycles. The van der Waals surface area contributed by atoms with Gasteiger partial charge in [0, 0.05) is 19.2 Å². The molecule has 0 spiro atoms. The quantitative estimate of drug-likeness (QED) is 0.730. The van der Waals surface area contributed by atoms with Gasteiger partial charge in [-0.2, -0.15) is 0 Å². The lowest BCUT2D eigenvalue weighted by atomic mass is 9.85. The Kier molecular flexibility index (Phi) is 3.45. The van der Waals surface area contributed by atoms with E-state index in [0.717, 1.165) is 18.5 Å². The second-order valence-corrected chi connectivity index (χ2v) is 5.16. The van der Waals surface area contributed by atoms with E-state index in [1.807, 2.05) is 0 Å². The summed E-state index contributed by atoms with van der Waals surface area (Å²) in [7, 11) is 0. The van der Waals surface area contributed by atoms with Crippen LogP contribution in [0.5, 0.6) is 0 Å². The van der Waals surface area contributed by atoms with Gasteiger partial charge in [0.1, 0.15) is 0 Å². The van der Waals surface area contributed by atoms with Crippen molar-refractivity contribution in [2.24, 2.45) is 11.8 Å². The summed E-state index contributed by atoms with van der Waals surface area (Å²) in [6.45, 7) is 5.15. The van der Waals surface area contributed by atoms with E-state index >= 15 is 0 Å². The second-order valence-electron chi connectivity index (χ2n) is 5.16. The zero-order valence-corrected chi connectivity index (χ0v) is 9.28. The Morgan fingerprint density at radius 3 is 2.64 bits per heavy atom. The zero-order chi connectivity index (χ0) is 9.97. The molecule has 0 aromatic heterocycles. The lowest BCUT2D eigenvalue weighted by Gasteiger charge is -2.36. The van der Waals surface area contributed by atoms with Crippen molar-refractivity contribution in [3.8, 4) is 0 Å². The molecule has 1 heterocycles. The van der Waals surface area contributed by atoms with E-state index in [9.17, 15) is 0 Å². The SMILES string of the molecule is CC1CCCCC1N1CCC(CO)C1. The van der Waals surface area contributed by atoms with Crippen molar-refractivity contribution in [3.63, 3.8) is 0 Å². The van der Waals surface area contributed by atoms with Gasteiger partial charge in [-0.1, -0.05) is 19.8 Å². The van der Waals surface area contributed by atoms with Crippen molar-refractivity contribution in [1.82, 2.24) is 4.90 Å². The molecular weight excluding hydrogens is 174 g/mol. The third kappa shape index (κ3) is 2.12. The summed E-state index contributed by atoms with van der Waals surface area (Å²) in [5, 5.41) is 9.12. The maximum absolute atomic E-state index is 9.12. The molecule has 1 saturated heterocycles. The molecule has 1 saturated carbocycles. The molecule has 82 valence electrons. The van der Waals surface area contributed by atoms with E-state index < -0.39 is 0 Å². The number of hydrogen-bond acceptors (Lipinski definition) is 2. The summed E-state index contributed by atoms with van der Waals surface area (Å²) in [6, 6.07) is 0.820. The van der Waals surface area contributed by atoms with Crippen LogP contribution in [0.15, 0.2) is 0 Å². The van der Waals surface area contributed by atoms with Crippen LogP contribution in [-0.2, 0) is 0 Å². The van der Waals surface area contributed by atoms with E-state index in [1.165, 1.54) is 38.6 Å². The zero-order valence-electron chi connectivity index (χ0n) is 9.28. The predicted octanol–water partition coefficient (Wildman–Crippen LogP) is 1.88. The Morgan fingerprint density at radius 2 is 2.00 bits per heavy atom. The highest BCUT2D eigenvalue weighted by Gasteiger charge is 2.31. The molecule has 3 atom stereocenters. The summed E-state index contributed by atoms with van der Waals surface area (Å²) in [6.07, 6.45) is 6.84. The lowest BCUT2D eigenvalue weighted by Crippen LogP contribution is -2.40. The Hall–Kier alpha value is -0.0800. The monoisotopic (exact) mass is 197 g/mol. The van der Waals surface area contributed by atoms with Gasteiger partial charge in [0.05, 0.1) is 0 Å². The van der Waals surface area contributed by atoms with Gasteiger partial charge in [0.15, 0.2) is 0 Å². The van der Waals surface area contributed by atoms with Crippen molar-refractivity contribution in [2.75, 3.05) is 19.7 Å². The molecule has 1 N–H and O–H groups in total. The molecule has 14 heavy (non-hydrogen) atoms. The number of hydrogen-bond donors (Lipinski definition) is 1. The van der Waals surface area contributed by atoms with Gasteiger partial charge in [-0.3, -0.25) is 4.90 Å². The smallest absolute Gasteiger partial charge is 0.0471 e. The highest BCUT2D eigenvalue weighted by molar-refractivity contribution is 4.86. The van der Waals surface area contributed by atoms with Gasteiger partial charge < -0.3 is 5.11 Å². The first-order valence-electron chi connectivity index (χ1n) is 6.16. The van der Waals surface area contributed by atoms with Crippen molar-refractivity contribution in [1.29, 1.82) is 0 Å². The average molecular weight is 197 g/mol. The molecule has 0 aromatic rings. The molecule has 0 bridgehead atoms. The molecule has 0 amide bonds. The summed E-state index contributed by atoms with van der Waals surface area (Å²) in [5.41, 5.74) is 0. The van der Waals surface area contributed by atoms with Crippen molar-refractivity contribution in [3.05, 3.63) is 0 Å². The Labute approximate surface area is 87.3 Å². The molecule has 0 aromatic carbocycles. The molecule has 2 rings (SSSR count). The molecule has 0 radical (unpaired) electrons. The van der Waals surface area contributed by atoms with Crippen LogP contribution in [0.1, 0.15) is 39.0 Å². The minimum Gasteiger partial charge on any atom is -0.396 e. The van der Waals surface area contributed by atoms with E-state index in [0.29, 0.717) is 12.5 Å². The van der Waals surface area contributed by atoms with Crippen LogP contribution in [0.4, 0.5) is 0 Å². The van der Waals surface area contributed by atoms with Gasteiger partial charge in [-0.15, -0.1) is 0 Å². The topological polar surface area (TPSA) is 23.5 Å². The summed E-state index contributed by atoms with van der Waals surface area (Å²) < 4.78 is 0. The highest BCUT2D eigenvalue weighted by Crippen LogP contribution is 2.31. The van der Waals surface area contributed by atoms with E-state index in [-0.39, 0.29) is 0 Å². The molecule has 1 aliphatic carbocycles.